The molecule has 0 radical (unpaired) electrons. The van der Waals surface area contributed by atoms with Gasteiger partial charge in [0.25, 0.3) is 0 Å². The van der Waals surface area contributed by atoms with Crippen molar-refractivity contribution in [2.75, 3.05) is 11.9 Å². The van der Waals surface area contributed by atoms with E-state index in [1.54, 1.807) is 30.3 Å². The Morgan fingerprint density at radius 1 is 1.04 bits per heavy atom. The first kappa shape index (κ1) is 22.1. The molecule has 0 fully saturated rings. The lowest BCUT2D eigenvalue weighted by molar-refractivity contribution is -0.116. The van der Waals surface area contributed by atoms with Gasteiger partial charge in [-0.25, -0.2) is 13.1 Å². The van der Waals surface area contributed by atoms with Gasteiger partial charge >= 0.3 is 0 Å². The van der Waals surface area contributed by atoms with Gasteiger partial charge < -0.3 is 9.84 Å². The molecular weight excluding hydrogens is 378 g/mol. The third kappa shape index (κ3) is 5.90. The molecule has 0 unspecified atom stereocenters. The normalized spacial score (nSPS) is 12.8. The average molecular weight is 408 g/mol. The lowest BCUT2D eigenvalue weighted by atomic mass is 9.87. The molecule has 1 aromatic carbocycles. The summed E-state index contributed by atoms with van der Waals surface area (Å²) < 4.78 is 32.4. The standard InChI is InChI=1S/C20H29N3O4S/c1-19(2,3)14-7-9-15(10-8-14)28(25,26)21-12-11-18(24)22-17-13-16(27-23-17)20(4,5)6/h7-10,13,21H,11-12H2,1-6H3,(H,22,23,24). The summed E-state index contributed by atoms with van der Waals surface area (Å²) in [5.41, 5.74) is 0.781. The number of hydrogen-bond acceptors (Lipinski definition) is 5. The number of aromatic nitrogens is 1. The molecule has 0 bridgehead atoms. The van der Waals surface area contributed by atoms with Crippen LogP contribution < -0.4 is 10.0 Å². The Labute approximate surface area is 166 Å². The Morgan fingerprint density at radius 3 is 2.14 bits per heavy atom. The second kappa shape index (κ2) is 8.05. The summed E-state index contributed by atoms with van der Waals surface area (Å²) in [6, 6.07) is 8.43. The van der Waals surface area contributed by atoms with Crippen molar-refractivity contribution in [2.24, 2.45) is 0 Å². The molecule has 8 heteroatoms. The topological polar surface area (TPSA) is 101 Å². The minimum Gasteiger partial charge on any atom is -0.359 e. The lowest BCUT2D eigenvalue weighted by Gasteiger charge is -2.19. The van der Waals surface area contributed by atoms with E-state index in [0.29, 0.717) is 11.6 Å². The van der Waals surface area contributed by atoms with Gasteiger partial charge in [0, 0.05) is 24.4 Å². The molecule has 0 aliphatic heterocycles. The molecule has 1 aromatic heterocycles. The van der Waals surface area contributed by atoms with Crippen molar-refractivity contribution in [1.82, 2.24) is 9.88 Å². The van der Waals surface area contributed by atoms with E-state index >= 15 is 0 Å². The van der Waals surface area contributed by atoms with E-state index < -0.39 is 10.0 Å². The van der Waals surface area contributed by atoms with Crippen LogP contribution in [0.1, 0.15) is 59.3 Å². The highest BCUT2D eigenvalue weighted by Gasteiger charge is 2.21. The highest BCUT2D eigenvalue weighted by Crippen LogP contribution is 2.25. The molecule has 1 heterocycles. The Kier molecular flexibility index (Phi) is 6.35. The molecule has 2 rings (SSSR count). The Balaban J connectivity index is 1.89. The predicted molar refractivity (Wildman–Crippen MR) is 109 cm³/mol. The van der Waals surface area contributed by atoms with Gasteiger partial charge in [-0.15, -0.1) is 0 Å². The van der Waals surface area contributed by atoms with Crippen molar-refractivity contribution in [2.45, 2.75) is 63.7 Å². The first-order chi connectivity index (χ1) is 12.8. The number of amides is 1. The van der Waals surface area contributed by atoms with E-state index in [1.807, 2.05) is 20.8 Å². The monoisotopic (exact) mass is 407 g/mol. The highest BCUT2D eigenvalue weighted by atomic mass is 32.2. The maximum Gasteiger partial charge on any atom is 0.240 e. The molecular formula is C20H29N3O4S. The smallest absolute Gasteiger partial charge is 0.240 e. The van der Waals surface area contributed by atoms with Gasteiger partial charge in [0.1, 0.15) is 5.76 Å². The van der Waals surface area contributed by atoms with Gasteiger partial charge in [-0.05, 0) is 23.1 Å². The average Bonchev–Trinajstić information content (AvgIpc) is 3.02. The fourth-order valence-corrected chi connectivity index (χ4v) is 3.44. The number of carbonyl (C=O) groups is 1. The zero-order chi connectivity index (χ0) is 21.2. The van der Waals surface area contributed by atoms with Gasteiger partial charge in [0.15, 0.2) is 5.82 Å². The first-order valence-electron chi connectivity index (χ1n) is 9.16. The van der Waals surface area contributed by atoms with Crippen molar-refractivity contribution in [3.63, 3.8) is 0 Å². The summed E-state index contributed by atoms with van der Waals surface area (Å²) in [7, 11) is -3.67. The molecule has 0 saturated heterocycles. The van der Waals surface area contributed by atoms with Crippen LogP contribution in [-0.4, -0.2) is 26.0 Å². The Bertz CT molecular complexity index is 918. The molecule has 0 aliphatic rings. The fraction of sp³-hybridized carbons (Fsp3) is 0.500. The van der Waals surface area contributed by atoms with Crippen LogP contribution in [0.15, 0.2) is 39.8 Å². The quantitative estimate of drug-likeness (QED) is 0.762. The van der Waals surface area contributed by atoms with Crippen LogP contribution >= 0.6 is 0 Å². The second-order valence-corrected chi connectivity index (χ2v) is 10.6. The summed E-state index contributed by atoms with van der Waals surface area (Å²) in [4.78, 5) is 12.2. The third-order valence-electron chi connectivity index (χ3n) is 4.19. The van der Waals surface area contributed by atoms with Gasteiger partial charge in [-0.2, -0.15) is 0 Å². The van der Waals surface area contributed by atoms with Crippen LogP contribution in [0.3, 0.4) is 0 Å². The summed E-state index contributed by atoms with van der Waals surface area (Å²) in [5.74, 6) is 0.622. The maximum absolute atomic E-state index is 12.4. The zero-order valence-corrected chi connectivity index (χ0v) is 18.1. The number of nitrogens with zero attached hydrogens (tertiary/aromatic N) is 1. The molecule has 0 aliphatic carbocycles. The second-order valence-electron chi connectivity index (χ2n) is 8.80. The molecule has 28 heavy (non-hydrogen) atoms. The number of hydrogen-bond donors (Lipinski definition) is 2. The molecule has 0 spiro atoms. The lowest BCUT2D eigenvalue weighted by Crippen LogP contribution is -2.28. The summed E-state index contributed by atoms with van der Waals surface area (Å²) in [5, 5.41) is 6.42. The van der Waals surface area contributed by atoms with E-state index in [1.165, 1.54) is 0 Å². The van der Waals surface area contributed by atoms with Crippen LogP contribution in [0.5, 0.6) is 0 Å². The van der Waals surface area contributed by atoms with Crippen molar-refractivity contribution < 1.29 is 17.7 Å². The number of rotatable bonds is 6. The zero-order valence-electron chi connectivity index (χ0n) is 17.3. The Morgan fingerprint density at radius 2 is 1.64 bits per heavy atom. The number of benzene rings is 1. The molecule has 0 saturated carbocycles. The van der Waals surface area contributed by atoms with Gasteiger partial charge in [0.2, 0.25) is 15.9 Å². The molecule has 2 aromatic rings. The van der Waals surface area contributed by atoms with E-state index in [4.69, 9.17) is 4.52 Å². The number of sulfonamides is 1. The van der Waals surface area contributed by atoms with Crippen LogP contribution in [0.25, 0.3) is 0 Å². The van der Waals surface area contributed by atoms with Crippen molar-refractivity contribution >= 4 is 21.7 Å². The minimum atomic E-state index is -3.67. The summed E-state index contributed by atoms with van der Waals surface area (Å²) in [6.45, 7) is 12.1. The summed E-state index contributed by atoms with van der Waals surface area (Å²) in [6.07, 6.45) is -0.0168. The number of nitrogens with one attached hydrogen (secondary N) is 2. The van der Waals surface area contributed by atoms with Crippen LogP contribution in [0, 0.1) is 0 Å². The molecule has 154 valence electrons. The molecule has 0 atom stereocenters. The molecule has 2 N–H and O–H groups in total. The van der Waals surface area contributed by atoms with E-state index in [0.717, 1.165) is 5.56 Å². The highest BCUT2D eigenvalue weighted by molar-refractivity contribution is 7.89. The van der Waals surface area contributed by atoms with Crippen molar-refractivity contribution in [3.05, 3.63) is 41.7 Å². The van der Waals surface area contributed by atoms with E-state index in [-0.39, 0.29) is 34.6 Å². The minimum absolute atomic E-state index is 0.0147. The summed E-state index contributed by atoms with van der Waals surface area (Å²) >= 11 is 0. The van der Waals surface area contributed by atoms with Crippen molar-refractivity contribution in [1.29, 1.82) is 0 Å². The van der Waals surface area contributed by atoms with Gasteiger partial charge in [-0.3, -0.25) is 4.79 Å². The van der Waals surface area contributed by atoms with Crippen molar-refractivity contribution in [3.8, 4) is 0 Å². The Hall–Kier alpha value is -2.19. The maximum atomic E-state index is 12.4. The molecule has 1 amide bonds. The van der Waals surface area contributed by atoms with Crippen LogP contribution in [0.2, 0.25) is 0 Å². The number of anilines is 1. The number of carbonyl (C=O) groups excluding carboxylic acids is 1. The third-order valence-corrected chi connectivity index (χ3v) is 5.67. The van der Waals surface area contributed by atoms with Crippen LogP contribution in [-0.2, 0) is 25.6 Å². The van der Waals surface area contributed by atoms with Gasteiger partial charge in [0.05, 0.1) is 4.90 Å². The van der Waals surface area contributed by atoms with Gasteiger partial charge in [-0.1, -0.05) is 58.8 Å². The first-order valence-corrected chi connectivity index (χ1v) is 10.6. The SMILES string of the molecule is CC(C)(C)c1ccc(S(=O)(=O)NCCC(=O)Nc2cc(C(C)(C)C)on2)cc1. The van der Waals surface area contributed by atoms with E-state index in [9.17, 15) is 13.2 Å². The molecule has 7 nitrogen and oxygen atoms in total. The predicted octanol–water partition coefficient (Wildman–Crippen LogP) is 3.58. The van der Waals surface area contributed by atoms with E-state index in [2.05, 4.69) is 36.0 Å². The fourth-order valence-electron chi connectivity index (χ4n) is 2.41. The largest absolute Gasteiger partial charge is 0.359 e. The van der Waals surface area contributed by atoms with Crippen LogP contribution in [0.4, 0.5) is 5.82 Å².